The molecule has 0 aliphatic carbocycles. The highest BCUT2D eigenvalue weighted by Gasteiger charge is 2.25. The highest BCUT2D eigenvalue weighted by molar-refractivity contribution is 6.39. The fourth-order valence-corrected chi connectivity index (χ4v) is 3.59. The van der Waals surface area contributed by atoms with Gasteiger partial charge in [-0.1, -0.05) is 34.4 Å². The number of hydrogen-bond donors (Lipinski definition) is 1. The van der Waals surface area contributed by atoms with E-state index in [0.29, 0.717) is 39.2 Å². The number of nitrogens with zero attached hydrogens (tertiary/aromatic N) is 2. The van der Waals surface area contributed by atoms with Crippen molar-refractivity contribution in [3.05, 3.63) is 39.6 Å². The summed E-state index contributed by atoms with van der Waals surface area (Å²) in [6, 6.07) is 5.35. The molecule has 0 radical (unpaired) electrons. The molecule has 1 aromatic carbocycles. The van der Waals surface area contributed by atoms with Crippen LogP contribution in [0.1, 0.15) is 23.0 Å². The smallest absolute Gasteiger partial charge is 0.257 e. The molecule has 1 fully saturated rings. The predicted octanol–water partition coefficient (Wildman–Crippen LogP) is 3.41. The molecule has 3 rings (SSSR count). The Labute approximate surface area is 162 Å². The molecule has 0 saturated carbocycles. The first-order valence-electron chi connectivity index (χ1n) is 8.49. The van der Waals surface area contributed by atoms with E-state index < -0.39 is 0 Å². The van der Waals surface area contributed by atoms with E-state index in [1.165, 1.54) is 0 Å². The lowest BCUT2D eigenvalue weighted by Crippen LogP contribution is -2.47. The number of carbonyl (C=O) groups excluding carboxylic acids is 1. The van der Waals surface area contributed by atoms with E-state index in [-0.39, 0.29) is 11.9 Å². The van der Waals surface area contributed by atoms with Gasteiger partial charge in [-0.25, -0.2) is 0 Å². The Kier molecular flexibility index (Phi) is 6.19. The second-order valence-corrected chi connectivity index (χ2v) is 7.08. The van der Waals surface area contributed by atoms with Gasteiger partial charge in [-0.05, 0) is 26.0 Å². The molecule has 0 spiro atoms. The lowest BCUT2D eigenvalue weighted by molar-refractivity contribution is 0.0204. The van der Waals surface area contributed by atoms with Crippen LogP contribution in [-0.4, -0.2) is 54.9 Å². The van der Waals surface area contributed by atoms with Crippen LogP contribution in [0.3, 0.4) is 0 Å². The maximum atomic E-state index is 12.8. The minimum Gasteiger partial charge on any atom is -0.379 e. The molecule has 1 aliphatic heterocycles. The average Bonchev–Trinajstić information content (AvgIpc) is 3.01. The number of benzene rings is 1. The maximum absolute atomic E-state index is 12.8. The molecule has 8 heteroatoms. The van der Waals surface area contributed by atoms with Crippen LogP contribution in [0.15, 0.2) is 22.7 Å². The molecule has 140 valence electrons. The Balaban J connectivity index is 1.77. The lowest BCUT2D eigenvalue weighted by atomic mass is 10.1. The first kappa shape index (κ1) is 19.2. The minimum atomic E-state index is -0.255. The third-order valence-electron chi connectivity index (χ3n) is 4.52. The molecular weight excluding hydrogens is 377 g/mol. The van der Waals surface area contributed by atoms with Gasteiger partial charge in [0.25, 0.3) is 5.91 Å². The van der Waals surface area contributed by atoms with Crippen molar-refractivity contribution in [2.45, 2.75) is 19.9 Å². The molecule has 26 heavy (non-hydrogen) atoms. The summed E-state index contributed by atoms with van der Waals surface area (Å²) in [7, 11) is 0. The zero-order valence-corrected chi connectivity index (χ0v) is 16.2. The van der Waals surface area contributed by atoms with Crippen molar-refractivity contribution in [3.8, 4) is 11.3 Å². The van der Waals surface area contributed by atoms with E-state index in [4.69, 9.17) is 32.5 Å². The molecule has 2 heterocycles. The van der Waals surface area contributed by atoms with Gasteiger partial charge in [-0.15, -0.1) is 0 Å². The van der Waals surface area contributed by atoms with Gasteiger partial charge in [0, 0.05) is 31.2 Å². The summed E-state index contributed by atoms with van der Waals surface area (Å²) in [4.78, 5) is 15.1. The second kappa shape index (κ2) is 8.39. The normalized spacial score (nSPS) is 16.5. The summed E-state index contributed by atoms with van der Waals surface area (Å²) in [5, 5.41) is 7.81. The summed E-state index contributed by atoms with van der Waals surface area (Å²) in [6.07, 6.45) is 0. The van der Waals surface area contributed by atoms with Crippen LogP contribution in [0.4, 0.5) is 0 Å². The number of aryl methyl sites for hydroxylation is 1. The minimum absolute atomic E-state index is 0.204. The molecule has 0 bridgehead atoms. The SMILES string of the molecule is Cc1onc(-c2c(Cl)cccc2Cl)c1C(=O)NCC(C)N1CCOCC1. The number of carbonyl (C=O) groups is 1. The number of rotatable bonds is 5. The van der Waals surface area contributed by atoms with Crippen molar-refractivity contribution in [2.75, 3.05) is 32.8 Å². The molecule has 1 unspecified atom stereocenters. The predicted molar refractivity (Wildman–Crippen MR) is 101 cm³/mol. The van der Waals surface area contributed by atoms with E-state index in [0.717, 1.165) is 26.3 Å². The third kappa shape index (κ3) is 4.04. The van der Waals surface area contributed by atoms with E-state index in [1.54, 1.807) is 25.1 Å². The fraction of sp³-hybridized carbons (Fsp3) is 0.444. The van der Waals surface area contributed by atoms with Gasteiger partial charge in [-0.3, -0.25) is 9.69 Å². The van der Waals surface area contributed by atoms with Gasteiger partial charge in [0.15, 0.2) is 0 Å². The highest BCUT2D eigenvalue weighted by atomic mass is 35.5. The number of ether oxygens (including phenoxy) is 1. The van der Waals surface area contributed by atoms with Crippen LogP contribution in [0.2, 0.25) is 10.0 Å². The van der Waals surface area contributed by atoms with E-state index in [1.807, 2.05) is 0 Å². The summed E-state index contributed by atoms with van der Waals surface area (Å²) >= 11 is 12.5. The first-order valence-corrected chi connectivity index (χ1v) is 9.25. The maximum Gasteiger partial charge on any atom is 0.257 e. The van der Waals surface area contributed by atoms with Crippen molar-refractivity contribution >= 4 is 29.1 Å². The zero-order chi connectivity index (χ0) is 18.7. The fourth-order valence-electron chi connectivity index (χ4n) is 3.01. The molecule has 1 amide bonds. The van der Waals surface area contributed by atoms with Crippen LogP contribution in [0, 0.1) is 6.92 Å². The first-order chi connectivity index (χ1) is 12.5. The van der Waals surface area contributed by atoms with Crippen LogP contribution >= 0.6 is 23.2 Å². The van der Waals surface area contributed by atoms with E-state index in [2.05, 4.69) is 22.3 Å². The van der Waals surface area contributed by atoms with Crippen molar-refractivity contribution < 1.29 is 14.1 Å². The molecule has 1 atom stereocenters. The van der Waals surface area contributed by atoms with Crippen LogP contribution < -0.4 is 5.32 Å². The molecule has 2 aromatic rings. The molecule has 1 aromatic heterocycles. The number of morpholine rings is 1. The number of halogens is 2. The third-order valence-corrected chi connectivity index (χ3v) is 5.15. The van der Waals surface area contributed by atoms with Gasteiger partial charge in [0.1, 0.15) is 17.0 Å². The Bertz CT molecular complexity index is 768. The summed E-state index contributed by atoms with van der Waals surface area (Å²) in [5.74, 6) is 0.169. The monoisotopic (exact) mass is 397 g/mol. The lowest BCUT2D eigenvalue weighted by Gasteiger charge is -2.32. The largest absolute Gasteiger partial charge is 0.379 e. The van der Waals surface area contributed by atoms with E-state index in [9.17, 15) is 4.79 Å². The Hall–Kier alpha value is -1.60. The van der Waals surface area contributed by atoms with Gasteiger partial charge in [-0.2, -0.15) is 0 Å². The summed E-state index contributed by atoms with van der Waals surface area (Å²) in [6.45, 7) is 7.46. The average molecular weight is 398 g/mol. The van der Waals surface area contributed by atoms with Gasteiger partial charge < -0.3 is 14.6 Å². The Morgan fingerprint density at radius 2 is 1.96 bits per heavy atom. The van der Waals surface area contributed by atoms with Crippen molar-refractivity contribution in [3.63, 3.8) is 0 Å². The van der Waals surface area contributed by atoms with E-state index >= 15 is 0 Å². The zero-order valence-electron chi connectivity index (χ0n) is 14.7. The summed E-state index contributed by atoms with van der Waals surface area (Å²) < 4.78 is 10.6. The molecular formula is C18H21Cl2N3O3. The standard InChI is InChI=1S/C18H21Cl2N3O3/c1-11(23-6-8-25-9-7-23)10-21-18(24)15-12(2)26-22-17(15)16-13(19)4-3-5-14(16)20/h3-5,11H,6-10H2,1-2H3,(H,21,24). The quantitative estimate of drug-likeness (QED) is 0.836. The Morgan fingerprint density at radius 1 is 1.31 bits per heavy atom. The van der Waals surface area contributed by atoms with Crippen LogP contribution in [0.5, 0.6) is 0 Å². The number of amides is 1. The topological polar surface area (TPSA) is 67.6 Å². The van der Waals surface area contributed by atoms with Crippen molar-refractivity contribution in [2.24, 2.45) is 0 Å². The molecule has 1 saturated heterocycles. The van der Waals surface area contributed by atoms with Gasteiger partial charge in [0.05, 0.1) is 23.3 Å². The summed E-state index contributed by atoms with van der Waals surface area (Å²) in [5.41, 5.74) is 1.21. The second-order valence-electron chi connectivity index (χ2n) is 6.27. The molecule has 1 N–H and O–H groups in total. The Morgan fingerprint density at radius 3 is 2.62 bits per heavy atom. The van der Waals surface area contributed by atoms with Crippen molar-refractivity contribution in [1.82, 2.24) is 15.4 Å². The van der Waals surface area contributed by atoms with Gasteiger partial charge in [0.2, 0.25) is 0 Å². The molecule has 1 aliphatic rings. The van der Waals surface area contributed by atoms with Crippen LogP contribution in [0.25, 0.3) is 11.3 Å². The highest BCUT2D eigenvalue weighted by Crippen LogP contribution is 2.36. The molecule has 6 nitrogen and oxygen atoms in total. The number of hydrogen-bond acceptors (Lipinski definition) is 5. The van der Waals surface area contributed by atoms with Gasteiger partial charge >= 0.3 is 0 Å². The number of nitrogens with one attached hydrogen (secondary N) is 1. The van der Waals surface area contributed by atoms with Crippen LogP contribution in [-0.2, 0) is 4.74 Å². The van der Waals surface area contributed by atoms with Crippen molar-refractivity contribution in [1.29, 1.82) is 0 Å². The number of aromatic nitrogens is 1.